The lowest BCUT2D eigenvalue weighted by Gasteiger charge is -2.26. The monoisotopic (exact) mass is 235 g/mol. The Morgan fingerprint density at radius 2 is 2.18 bits per heavy atom. The molecular formula is C14H18FNO. The van der Waals surface area contributed by atoms with Crippen LogP contribution in [0.15, 0.2) is 12.1 Å². The molecule has 2 nitrogen and oxygen atoms in total. The molecule has 0 aliphatic carbocycles. The highest BCUT2D eigenvalue weighted by molar-refractivity contribution is 6.00. The van der Waals surface area contributed by atoms with Crippen molar-refractivity contribution < 1.29 is 9.18 Å². The summed E-state index contributed by atoms with van der Waals surface area (Å²) in [5.74, 6) is -0.371. The summed E-state index contributed by atoms with van der Waals surface area (Å²) in [5.41, 5.74) is 1.99. The van der Waals surface area contributed by atoms with E-state index in [1.54, 1.807) is 13.0 Å². The highest BCUT2D eigenvalue weighted by atomic mass is 19.1. The SMILES string of the molecule is CC(=O)c1cc(F)c(C)cc1N1CCCC1C. The van der Waals surface area contributed by atoms with Crippen LogP contribution in [0.4, 0.5) is 10.1 Å². The quantitative estimate of drug-likeness (QED) is 0.733. The van der Waals surface area contributed by atoms with E-state index in [4.69, 9.17) is 0 Å². The van der Waals surface area contributed by atoms with E-state index in [9.17, 15) is 9.18 Å². The van der Waals surface area contributed by atoms with Crippen LogP contribution in [-0.4, -0.2) is 18.4 Å². The number of benzene rings is 1. The van der Waals surface area contributed by atoms with E-state index in [0.717, 1.165) is 25.1 Å². The summed E-state index contributed by atoms with van der Waals surface area (Å²) < 4.78 is 13.5. The van der Waals surface area contributed by atoms with Gasteiger partial charge in [0.1, 0.15) is 5.82 Å². The van der Waals surface area contributed by atoms with Gasteiger partial charge >= 0.3 is 0 Å². The second-order valence-electron chi connectivity index (χ2n) is 4.86. The number of Topliss-reactive ketones (excluding diaryl/α,β-unsaturated/α-hetero) is 1. The van der Waals surface area contributed by atoms with Crippen LogP contribution in [-0.2, 0) is 0 Å². The van der Waals surface area contributed by atoms with Gasteiger partial charge in [-0.05, 0) is 51.3 Å². The maximum atomic E-state index is 13.5. The Morgan fingerprint density at radius 1 is 1.47 bits per heavy atom. The third-order valence-electron chi connectivity index (χ3n) is 3.52. The first-order valence-corrected chi connectivity index (χ1v) is 6.08. The van der Waals surface area contributed by atoms with Gasteiger partial charge in [-0.2, -0.15) is 0 Å². The zero-order chi connectivity index (χ0) is 12.6. The van der Waals surface area contributed by atoms with Gasteiger partial charge in [0, 0.05) is 23.8 Å². The molecule has 2 rings (SSSR count). The van der Waals surface area contributed by atoms with Gasteiger partial charge in [-0.1, -0.05) is 0 Å². The van der Waals surface area contributed by atoms with Crippen molar-refractivity contribution in [1.29, 1.82) is 0 Å². The second-order valence-corrected chi connectivity index (χ2v) is 4.86. The molecule has 0 amide bonds. The van der Waals surface area contributed by atoms with Crippen LogP contribution in [0.25, 0.3) is 0 Å². The first-order valence-electron chi connectivity index (χ1n) is 6.08. The molecule has 3 heteroatoms. The van der Waals surface area contributed by atoms with Crippen molar-refractivity contribution in [3.8, 4) is 0 Å². The Labute approximate surface area is 101 Å². The molecule has 1 atom stereocenters. The zero-order valence-corrected chi connectivity index (χ0v) is 10.6. The zero-order valence-electron chi connectivity index (χ0n) is 10.6. The first kappa shape index (κ1) is 12.1. The predicted octanol–water partition coefficient (Wildman–Crippen LogP) is 3.33. The minimum Gasteiger partial charge on any atom is -0.368 e. The minimum atomic E-state index is -0.300. The van der Waals surface area contributed by atoms with Gasteiger partial charge in [-0.15, -0.1) is 0 Å². The molecule has 17 heavy (non-hydrogen) atoms. The molecule has 1 aliphatic rings. The molecule has 0 bridgehead atoms. The summed E-state index contributed by atoms with van der Waals surface area (Å²) in [6.45, 7) is 6.33. The maximum absolute atomic E-state index is 13.5. The average molecular weight is 235 g/mol. The van der Waals surface area contributed by atoms with Crippen molar-refractivity contribution in [2.45, 2.75) is 39.7 Å². The highest BCUT2D eigenvalue weighted by Gasteiger charge is 2.24. The fraction of sp³-hybridized carbons (Fsp3) is 0.500. The Bertz CT molecular complexity index is 456. The normalized spacial score (nSPS) is 19.8. The molecule has 92 valence electrons. The molecular weight excluding hydrogens is 217 g/mol. The summed E-state index contributed by atoms with van der Waals surface area (Å²) in [6, 6.07) is 3.60. The average Bonchev–Trinajstić information content (AvgIpc) is 2.67. The van der Waals surface area contributed by atoms with Gasteiger partial charge in [-0.3, -0.25) is 4.79 Å². The van der Waals surface area contributed by atoms with Crippen LogP contribution in [0.5, 0.6) is 0 Å². The summed E-state index contributed by atoms with van der Waals surface area (Å²) in [7, 11) is 0. The van der Waals surface area contributed by atoms with E-state index in [-0.39, 0.29) is 11.6 Å². The van der Waals surface area contributed by atoms with Crippen LogP contribution in [0.1, 0.15) is 42.6 Å². The van der Waals surface area contributed by atoms with Gasteiger partial charge in [0.05, 0.1) is 0 Å². The summed E-state index contributed by atoms with van der Waals surface area (Å²) >= 11 is 0. The number of carbonyl (C=O) groups excluding carboxylic acids is 1. The Hall–Kier alpha value is -1.38. The summed E-state index contributed by atoms with van der Waals surface area (Å²) in [5, 5.41) is 0. The number of hydrogen-bond acceptors (Lipinski definition) is 2. The molecule has 1 aromatic rings. The van der Waals surface area contributed by atoms with Crippen molar-refractivity contribution in [1.82, 2.24) is 0 Å². The molecule has 0 saturated carbocycles. The number of ketones is 1. The van der Waals surface area contributed by atoms with Gasteiger partial charge < -0.3 is 4.90 Å². The number of carbonyl (C=O) groups is 1. The maximum Gasteiger partial charge on any atom is 0.161 e. The molecule has 0 aromatic heterocycles. The van der Waals surface area contributed by atoms with E-state index in [0.29, 0.717) is 17.2 Å². The number of aryl methyl sites for hydroxylation is 1. The van der Waals surface area contributed by atoms with Gasteiger partial charge in [0.2, 0.25) is 0 Å². The summed E-state index contributed by atoms with van der Waals surface area (Å²) in [6.07, 6.45) is 2.27. The Balaban J connectivity index is 2.51. The molecule has 1 unspecified atom stereocenters. The van der Waals surface area contributed by atoms with E-state index in [1.165, 1.54) is 13.0 Å². The molecule has 1 aliphatic heterocycles. The van der Waals surface area contributed by atoms with Crippen LogP contribution in [0, 0.1) is 12.7 Å². The standard InChI is InChI=1S/C14H18FNO/c1-9-7-14(16-6-4-5-10(16)2)12(11(3)17)8-13(9)15/h7-8,10H,4-6H2,1-3H3. The van der Waals surface area contributed by atoms with Crippen LogP contribution < -0.4 is 4.90 Å². The number of nitrogens with zero attached hydrogens (tertiary/aromatic N) is 1. The van der Waals surface area contributed by atoms with Crippen molar-refractivity contribution in [2.75, 3.05) is 11.4 Å². The molecule has 1 saturated heterocycles. The smallest absolute Gasteiger partial charge is 0.161 e. The van der Waals surface area contributed by atoms with E-state index in [1.807, 2.05) is 0 Å². The fourth-order valence-corrected chi connectivity index (χ4v) is 2.48. The largest absolute Gasteiger partial charge is 0.368 e. The van der Waals surface area contributed by atoms with Gasteiger partial charge in [0.25, 0.3) is 0 Å². The Kier molecular flexibility index (Phi) is 3.18. The van der Waals surface area contributed by atoms with Gasteiger partial charge in [0.15, 0.2) is 5.78 Å². The minimum absolute atomic E-state index is 0.0713. The van der Waals surface area contributed by atoms with E-state index >= 15 is 0 Å². The van der Waals surface area contributed by atoms with E-state index in [2.05, 4.69) is 11.8 Å². The Morgan fingerprint density at radius 3 is 2.71 bits per heavy atom. The molecule has 1 heterocycles. The van der Waals surface area contributed by atoms with Crippen LogP contribution in [0.2, 0.25) is 0 Å². The highest BCUT2D eigenvalue weighted by Crippen LogP contribution is 2.30. The molecule has 0 radical (unpaired) electrons. The summed E-state index contributed by atoms with van der Waals surface area (Å²) in [4.78, 5) is 13.8. The number of halogens is 1. The fourth-order valence-electron chi connectivity index (χ4n) is 2.48. The first-order chi connectivity index (χ1) is 8.00. The number of hydrogen-bond donors (Lipinski definition) is 0. The lowest BCUT2D eigenvalue weighted by molar-refractivity contribution is 0.101. The number of rotatable bonds is 2. The van der Waals surface area contributed by atoms with Crippen molar-refractivity contribution in [3.05, 3.63) is 29.1 Å². The molecule has 0 N–H and O–H groups in total. The van der Waals surface area contributed by atoms with E-state index < -0.39 is 0 Å². The third-order valence-corrected chi connectivity index (χ3v) is 3.52. The molecule has 0 spiro atoms. The van der Waals surface area contributed by atoms with Crippen molar-refractivity contribution >= 4 is 11.5 Å². The van der Waals surface area contributed by atoms with Gasteiger partial charge in [-0.25, -0.2) is 4.39 Å². The lowest BCUT2D eigenvalue weighted by Crippen LogP contribution is -2.28. The van der Waals surface area contributed by atoms with Crippen LogP contribution in [0.3, 0.4) is 0 Å². The van der Waals surface area contributed by atoms with Crippen molar-refractivity contribution in [3.63, 3.8) is 0 Å². The van der Waals surface area contributed by atoms with Crippen molar-refractivity contribution in [2.24, 2.45) is 0 Å². The molecule has 1 fully saturated rings. The lowest BCUT2D eigenvalue weighted by atomic mass is 10.0. The van der Waals surface area contributed by atoms with Crippen LogP contribution >= 0.6 is 0 Å². The topological polar surface area (TPSA) is 20.3 Å². The third kappa shape index (κ3) is 2.19. The second kappa shape index (κ2) is 4.47. The molecule has 1 aromatic carbocycles. The number of anilines is 1. The predicted molar refractivity (Wildman–Crippen MR) is 67.2 cm³/mol.